The highest BCUT2D eigenvalue weighted by Crippen LogP contribution is 2.47. The Hall–Kier alpha value is -8.02. The summed E-state index contributed by atoms with van der Waals surface area (Å²) < 4.78 is 2.13. The lowest BCUT2D eigenvalue weighted by Crippen LogP contribution is -2.14. The van der Waals surface area contributed by atoms with Gasteiger partial charge >= 0.3 is 0 Å². The van der Waals surface area contributed by atoms with E-state index in [0.29, 0.717) is 0 Å². The molecule has 5 heteroatoms. The molecule has 0 unspecified atom stereocenters. The van der Waals surface area contributed by atoms with Crippen LogP contribution in [0.2, 0.25) is 0 Å². The van der Waals surface area contributed by atoms with Crippen LogP contribution in [0.15, 0.2) is 206 Å². The monoisotopic (exact) mass is 767 g/mol. The first kappa shape index (κ1) is 34.1. The molecule has 0 spiro atoms. The van der Waals surface area contributed by atoms with Gasteiger partial charge in [-0.15, -0.1) is 10.2 Å². The third-order valence-corrected chi connectivity index (χ3v) is 12.2. The van der Waals surface area contributed by atoms with Crippen LogP contribution in [0.3, 0.4) is 0 Å². The first-order chi connectivity index (χ1) is 29.7. The van der Waals surface area contributed by atoms with Gasteiger partial charge in [-0.3, -0.25) is 9.47 Å². The maximum absolute atomic E-state index is 4.94. The topological polar surface area (TPSA) is 37.2 Å². The number of rotatable bonds is 7. The first-order valence-corrected chi connectivity index (χ1v) is 20.4. The third kappa shape index (κ3) is 5.33. The highest BCUT2D eigenvalue weighted by molar-refractivity contribution is 6.28. The Morgan fingerprint density at radius 1 is 0.350 bits per heavy atom. The average Bonchev–Trinajstić information content (AvgIpc) is 3.68. The molecule has 0 aliphatic rings. The average molecular weight is 768 g/mol. The van der Waals surface area contributed by atoms with Crippen LogP contribution in [0.5, 0.6) is 0 Å². The van der Waals surface area contributed by atoms with E-state index in [9.17, 15) is 0 Å². The Balaban J connectivity index is 1.06. The number of benzene rings is 11. The molecule has 282 valence electrons. The maximum atomic E-state index is 4.94. The van der Waals surface area contributed by atoms with Crippen LogP contribution in [0.1, 0.15) is 0 Å². The summed E-state index contributed by atoms with van der Waals surface area (Å²) in [5, 5.41) is 24.2. The zero-order chi connectivity index (χ0) is 39.7. The van der Waals surface area contributed by atoms with Crippen molar-refractivity contribution in [3.63, 3.8) is 0 Å². The summed E-state index contributed by atoms with van der Waals surface area (Å²) in [6.07, 6.45) is 0. The van der Waals surface area contributed by atoms with E-state index in [-0.39, 0.29) is 0 Å². The van der Waals surface area contributed by atoms with Gasteiger partial charge < -0.3 is 4.90 Å². The fraction of sp³-hybridized carbons (Fsp3) is 0.0182. The van der Waals surface area contributed by atoms with E-state index in [1.807, 2.05) is 6.07 Å². The van der Waals surface area contributed by atoms with Gasteiger partial charge in [0.05, 0.1) is 11.4 Å². The number of nitrogens with zero attached hydrogens (tertiary/aromatic N) is 5. The van der Waals surface area contributed by atoms with Crippen LogP contribution >= 0.6 is 0 Å². The second kappa shape index (κ2) is 13.5. The summed E-state index contributed by atoms with van der Waals surface area (Å²) in [5.41, 5.74) is 6.45. The quantitative estimate of drug-likeness (QED) is 0.151. The van der Waals surface area contributed by atoms with E-state index in [1.54, 1.807) is 0 Å². The Bertz CT molecular complexity index is 3580. The molecule has 11 aromatic carbocycles. The predicted octanol–water partition coefficient (Wildman–Crippen LogP) is 14.8. The molecule has 0 aliphatic carbocycles. The first-order valence-electron chi connectivity index (χ1n) is 20.4. The molecular weight excluding hydrogens is 731 g/mol. The molecule has 5 nitrogen and oxygen atoms in total. The van der Waals surface area contributed by atoms with Gasteiger partial charge in [0.1, 0.15) is 0 Å². The zero-order valence-corrected chi connectivity index (χ0v) is 32.9. The second-order valence-corrected chi connectivity index (χ2v) is 15.6. The summed E-state index contributed by atoms with van der Waals surface area (Å²) in [6, 6.07) is 74.3. The van der Waals surface area contributed by atoms with Crippen molar-refractivity contribution in [3.05, 3.63) is 206 Å². The fourth-order valence-electron chi connectivity index (χ4n) is 9.33. The molecule has 0 bridgehead atoms. The highest BCUT2D eigenvalue weighted by atomic mass is 15.4. The van der Waals surface area contributed by atoms with E-state index in [0.717, 1.165) is 51.2 Å². The van der Waals surface area contributed by atoms with E-state index < -0.39 is 0 Å². The van der Waals surface area contributed by atoms with Crippen molar-refractivity contribution in [2.24, 2.45) is 7.05 Å². The van der Waals surface area contributed by atoms with Gasteiger partial charge in [0.25, 0.3) is 0 Å². The lowest BCUT2D eigenvalue weighted by molar-refractivity contribution is 0.904. The normalized spacial score (nSPS) is 11.8. The van der Waals surface area contributed by atoms with Crippen LogP contribution in [0, 0.1) is 0 Å². The van der Waals surface area contributed by atoms with E-state index in [1.165, 1.54) is 59.2 Å². The van der Waals surface area contributed by atoms with Crippen molar-refractivity contribution >= 4 is 99.0 Å². The van der Waals surface area contributed by atoms with Crippen molar-refractivity contribution in [1.29, 1.82) is 0 Å². The number of para-hydroxylation sites is 1. The van der Waals surface area contributed by atoms with Crippen LogP contribution in [0.4, 0.5) is 34.4 Å². The Labute approximate surface area is 346 Å². The smallest absolute Gasteiger partial charge is 0.236 e. The number of anilines is 6. The van der Waals surface area contributed by atoms with E-state index in [2.05, 4.69) is 222 Å². The molecule has 60 heavy (non-hydrogen) atoms. The highest BCUT2D eigenvalue weighted by Gasteiger charge is 2.24. The lowest BCUT2D eigenvalue weighted by Gasteiger charge is -2.29. The molecule has 12 rings (SSSR count). The minimum Gasteiger partial charge on any atom is -0.309 e. The summed E-state index contributed by atoms with van der Waals surface area (Å²) in [7, 11) is 2.07. The maximum Gasteiger partial charge on any atom is 0.236 e. The molecule has 1 heterocycles. The number of aromatic nitrogens is 3. The largest absolute Gasteiger partial charge is 0.309 e. The van der Waals surface area contributed by atoms with Crippen LogP contribution in [-0.4, -0.2) is 14.8 Å². The minimum absolute atomic E-state index is 0.737. The molecule has 0 aliphatic heterocycles. The molecule has 0 fully saturated rings. The van der Waals surface area contributed by atoms with Gasteiger partial charge in [0, 0.05) is 40.4 Å². The van der Waals surface area contributed by atoms with Crippen molar-refractivity contribution in [3.8, 4) is 11.4 Å². The van der Waals surface area contributed by atoms with Crippen molar-refractivity contribution in [2.75, 3.05) is 9.80 Å². The molecule has 0 saturated heterocycles. The molecule has 0 N–H and O–H groups in total. The summed E-state index contributed by atoms with van der Waals surface area (Å²) in [4.78, 5) is 4.64. The SMILES string of the molecule is Cn1c(-c2ccc3ccc4c(N(c5ccc6ccccc6c5)c5cccc6ccccc56)ccc5ccc2c3c54)nnc1N(c1ccccc1)c1ccc2ccccc2c1. The van der Waals surface area contributed by atoms with Gasteiger partial charge in [-0.25, -0.2) is 0 Å². The second-order valence-electron chi connectivity index (χ2n) is 15.6. The molecule has 12 aromatic rings. The molecule has 1 aromatic heterocycles. The van der Waals surface area contributed by atoms with Gasteiger partial charge in [0.2, 0.25) is 5.95 Å². The Kier molecular flexibility index (Phi) is 7.69. The Morgan fingerprint density at radius 3 is 1.62 bits per heavy atom. The third-order valence-electron chi connectivity index (χ3n) is 12.2. The van der Waals surface area contributed by atoms with Gasteiger partial charge in [-0.05, 0) is 108 Å². The predicted molar refractivity (Wildman–Crippen MR) is 252 cm³/mol. The molecule has 0 amide bonds. The van der Waals surface area contributed by atoms with Gasteiger partial charge in [-0.1, -0.05) is 152 Å². The molecule has 0 atom stereocenters. The molecular formula is C55H37N5. The van der Waals surface area contributed by atoms with Gasteiger partial charge in [0.15, 0.2) is 5.82 Å². The fourth-order valence-corrected chi connectivity index (χ4v) is 9.33. The van der Waals surface area contributed by atoms with E-state index in [4.69, 9.17) is 10.2 Å². The van der Waals surface area contributed by atoms with Crippen LogP contribution < -0.4 is 9.80 Å². The summed E-state index contributed by atoms with van der Waals surface area (Å²) in [6.45, 7) is 0. The standard InChI is InChI=1S/C55H37N5/c1-58-54(56-57-55(58)59(43-18-3-2-4-19-43)44-28-22-36-12-5-7-15-41(36)34-44)48-31-25-39-26-32-49-51(33-27-40-24-30-47(48)52(39)53(40)49)60(45-29-23-37-13-6-8-16-42(37)35-45)50-21-11-17-38-14-9-10-20-46(38)50/h2-35H,1H3. The summed E-state index contributed by atoms with van der Waals surface area (Å²) in [5.74, 6) is 1.54. The molecule has 0 radical (unpaired) electrons. The van der Waals surface area contributed by atoms with Crippen LogP contribution in [-0.2, 0) is 7.05 Å². The Morgan fingerprint density at radius 2 is 0.883 bits per heavy atom. The summed E-state index contributed by atoms with van der Waals surface area (Å²) >= 11 is 0. The van der Waals surface area contributed by atoms with Crippen molar-refractivity contribution in [1.82, 2.24) is 14.8 Å². The number of hydrogen-bond donors (Lipinski definition) is 0. The van der Waals surface area contributed by atoms with E-state index >= 15 is 0 Å². The number of fused-ring (bicyclic) bond motifs is 3. The van der Waals surface area contributed by atoms with Crippen molar-refractivity contribution in [2.45, 2.75) is 0 Å². The van der Waals surface area contributed by atoms with Crippen LogP contribution in [0.25, 0.3) is 76.0 Å². The van der Waals surface area contributed by atoms with Gasteiger partial charge in [-0.2, -0.15) is 0 Å². The lowest BCUT2D eigenvalue weighted by atomic mass is 9.90. The minimum atomic E-state index is 0.737. The molecule has 0 saturated carbocycles. The number of hydrogen-bond acceptors (Lipinski definition) is 4. The zero-order valence-electron chi connectivity index (χ0n) is 32.9. The van der Waals surface area contributed by atoms with Crippen molar-refractivity contribution < 1.29 is 0 Å².